The van der Waals surface area contributed by atoms with Crippen LogP contribution in [0.15, 0.2) is 18.5 Å². The molecule has 3 heterocycles. The van der Waals surface area contributed by atoms with Gasteiger partial charge >= 0.3 is 17.9 Å². The van der Waals surface area contributed by atoms with Crippen LogP contribution in [0.1, 0.15) is 26.5 Å². The average molecular weight is 417 g/mol. The Labute approximate surface area is 170 Å². The molecule has 30 heavy (non-hydrogen) atoms. The van der Waals surface area contributed by atoms with Gasteiger partial charge in [-0.05, 0) is 12.1 Å². The third-order valence-electron chi connectivity index (χ3n) is 4.48. The Morgan fingerprint density at radius 1 is 1.23 bits per heavy atom. The second-order valence-electron chi connectivity index (χ2n) is 6.57. The largest absolute Gasteiger partial charge is 0.463 e. The molecule has 4 atom stereocenters. The SMILES string of the molecule is CC(=O)OCC1OC(C#N)(c2ccc3c(N)ncnn23)C(OC(C)=O)C1OC(C)=O. The number of nitrogen functional groups attached to an aromatic ring is 1. The van der Waals surface area contributed by atoms with E-state index in [0.29, 0.717) is 5.52 Å². The second kappa shape index (κ2) is 7.96. The van der Waals surface area contributed by atoms with Crippen LogP contribution in [0, 0.1) is 11.3 Å². The lowest BCUT2D eigenvalue weighted by atomic mass is 9.92. The molecule has 0 saturated carbocycles. The van der Waals surface area contributed by atoms with E-state index in [1.807, 2.05) is 6.07 Å². The zero-order valence-electron chi connectivity index (χ0n) is 16.4. The quantitative estimate of drug-likeness (QED) is 0.507. The highest BCUT2D eigenvalue weighted by Crippen LogP contribution is 2.43. The van der Waals surface area contributed by atoms with Crippen molar-refractivity contribution in [3.8, 4) is 6.07 Å². The first-order valence-electron chi connectivity index (χ1n) is 8.85. The van der Waals surface area contributed by atoms with Crippen molar-refractivity contribution < 1.29 is 33.3 Å². The first-order valence-corrected chi connectivity index (χ1v) is 8.85. The molecule has 0 radical (unpaired) electrons. The molecule has 0 bridgehead atoms. The number of fused-ring (bicyclic) bond motifs is 1. The number of carbonyl (C=O) groups is 3. The molecule has 158 valence electrons. The number of hydrogen-bond acceptors (Lipinski definition) is 11. The Hall–Kier alpha value is -3.72. The molecule has 12 heteroatoms. The molecule has 2 aromatic heterocycles. The molecular weight excluding hydrogens is 398 g/mol. The predicted molar refractivity (Wildman–Crippen MR) is 97.3 cm³/mol. The average Bonchev–Trinajstić information content (AvgIpc) is 3.21. The lowest BCUT2D eigenvalue weighted by Gasteiger charge is -2.28. The van der Waals surface area contributed by atoms with Crippen LogP contribution < -0.4 is 5.73 Å². The molecule has 0 aromatic carbocycles. The number of rotatable bonds is 5. The molecule has 2 N–H and O–H groups in total. The fraction of sp³-hybridized carbons (Fsp3) is 0.444. The van der Waals surface area contributed by atoms with Gasteiger partial charge in [0.05, 0.1) is 5.69 Å². The second-order valence-corrected chi connectivity index (χ2v) is 6.57. The van der Waals surface area contributed by atoms with Gasteiger partial charge in [-0.3, -0.25) is 14.4 Å². The van der Waals surface area contributed by atoms with E-state index in [1.54, 1.807) is 6.07 Å². The number of nitrogens with zero attached hydrogens (tertiary/aromatic N) is 4. The van der Waals surface area contributed by atoms with Crippen molar-refractivity contribution >= 4 is 29.2 Å². The standard InChI is InChI=1S/C18H19N5O7/c1-9(24)27-6-13-15(28-10(2)25)16(29-11(3)26)18(7-19,30-13)14-5-4-12-17(20)21-8-22-23(12)14/h4-5,8,13,15-16H,6H2,1-3H3,(H2,20,21,22). The van der Waals surface area contributed by atoms with Crippen LogP contribution in [0.2, 0.25) is 0 Å². The van der Waals surface area contributed by atoms with Crippen LogP contribution in [0.3, 0.4) is 0 Å². The van der Waals surface area contributed by atoms with Gasteiger partial charge in [0, 0.05) is 20.8 Å². The Morgan fingerprint density at radius 2 is 1.93 bits per heavy atom. The smallest absolute Gasteiger partial charge is 0.303 e. The fourth-order valence-electron chi connectivity index (χ4n) is 3.37. The zero-order valence-corrected chi connectivity index (χ0v) is 16.4. The summed E-state index contributed by atoms with van der Waals surface area (Å²) in [6.45, 7) is 3.15. The fourth-order valence-corrected chi connectivity index (χ4v) is 3.37. The van der Waals surface area contributed by atoms with E-state index >= 15 is 0 Å². The molecule has 1 aliphatic heterocycles. The van der Waals surface area contributed by atoms with Gasteiger partial charge in [0.25, 0.3) is 0 Å². The van der Waals surface area contributed by atoms with Crippen molar-refractivity contribution in [2.75, 3.05) is 12.3 Å². The van der Waals surface area contributed by atoms with Crippen LogP contribution in [-0.2, 0) is 38.9 Å². The van der Waals surface area contributed by atoms with E-state index < -0.39 is 41.8 Å². The Balaban J connectivity index is 2.17. The maximum absolute atomic E-state index is 11.8. The highest BCUT2D eigenvalue weighted by molar-refractivity contribution is 5.69. The van der Waals surface area contributed by atoms with E-state index in [-0.39, 0.29) is 18.1 Å². The number of ether oxygens (including phenoxy) is 4. The number of anilines is 1. The van der Waals surface area contributed by atoms with Crippen molar-refractivity contribution in [2.24, 2.45) is 0 Å². The molecule has 12 nitrogen and oxygen atoms in total. The number of hydrogen-bond donors (Lipinski definition) is 1. The van der Waals surface area contributed by atoms with E-state index in [0.717, 1.165) is 13.8 Å². The summed E-state index contributed by atoms with van der Waals surface area (Å²) >= 11 is 0. The highest BCUT2D eigenvalue weighted by Gasteiger charge is 2.62. The van der Waals surface area contributed by atoms with E-state index in [9.17, 15) is 19.6 Å². The molecule has 1 aliphatic rings. The maximum Gasteiger partial charge on any atom is 0.303 e. The first-order chi connectivity index (χ1) is 14.2. The van der Waals surface area contributed by atoms with Gasteiger partial charge in [0.1, 0.15) is 30.6 Å². The van der Waals surface area contributed by atoms with Crippen molar-refractivity contribution in [1.82, 2.24) is 14.6 Å². The minimum Gasteiger partial charge on any atom is -0.463 e. The number of aromatic nitrogens is 3. The van der Waals surface area contributed by atoms with Gasteiger partial charge < -0.3 is 24.7 Å². The van der Waals surface area contributed by atoms with Crippen molar-refractivity contribution in [3.63, 3.8) is 0 Å². The summed E-state index contributed by atoms with van der Waals surface area (Å²) in [6.07, 6.45) is -2.51. The molecule has 4 unspecified atom stereocenters. The molecule has 0 amide bonds. The molecule has 1 saturated heterocycles. The van der Waals surface area contributed by atoms with Gasteiger partial charge in [-0.15, -0.1) is 0 Å². The lowest BCUT2D eigenvalue weighted by Crippen LogP contribution is -2.45. The lowest BCUT2D eigenvalue weighted by molar-refractivity contribution is -0.167. The predicted octanol–water partition coefficient (Wildman–Crippen LogP) is -0.144. The molecule has 0 spiro atoms. The molecule has 1 fully saturated rings. The normalized spacial score (nSPS) is 25.5. The van der Waals surface area contributed by atoms with Crippen LogP contribution in [0.25, 0.3) is 5.52 Å². The summed E-state index contributed by atoms with van der Waals surface area (Å²) in [5.74, 6) is -1.89. The van der Waals surface area contributed by atoms with Crippen LogP contribution >= 0.6 is 0 Å². The third-order valence-corrected chi connectivity index (χ3v) is 4.48. The Bertz CT molecular complexity index is 1050. The van der Waals surface area contributed by atoms with E-state index in [2.05, 4.69) is 10.1 Å². The molecular formula is C18H19N5O7. The summed E-state index contributed by atoms with van der Waals surface area (Å²) in [5, 5.41) is 14.2. The van der Waals surface area contributed by atoms with Crippen LogP contribution in [-0.4, -0.2) is 57.4 Å². The Morgan fingerprint density at radius 3 is 2.53 bits per heavy atom. The monoisotopic (exact) mass is 417 g/mol. The number of esters is 3. The van der Waals surface area contributed by atoms with Gasteiger partial charge in [-0.25, -0.2) is 9.50 Å². The zero-order chi connectivity index (χ0) is 22.1. The first kappa shape index (κ1) is 21.0. The van der Waals surface area contributed by atoms with Crippen LogP contribution in [0.4, 0.5) is 5.82 Å². The number of nitrogens with two attached hydrogens (primary N) is 1. The van der Waals surface area contributed by atoms with Gasteiger partial charge in [-0.1, -0.05) is 0 Å². The number of nitriles is 1. The van der Waals surface area contributed by atoms with Crippen molar-refractivity contribution in [1.29, 1.82) is 5.26 Å². The van der Waals surface area contributed by atoms with Crippen molar-refractivity contribution in [3.05, 3.63) is 24.2 Å². The minimum absolute atomic E-state index is 0.152. The highest BCUT2D eigenvalue weighted by atomic mass is 16.7. The minimum atomic E-state index is -1.94. The van der Waals surface area contributed by atoms with Crippen LogP contribution in [0.5, 0.6) is 0 Å². The number of carbonyl (C=O) groups excluding carboxylic acids is 3. The van der Waals surface area contributed by atoms with Gasteiger partial charge in [0.2, 0.25) is 5.60 Å². The summed E-state index contributed by atoms with van der Waals surface area (Å²) < 4.78 is 23.0. The topological polar surface area (TPSA) is 168 Å². The molecule has 3 rings (SSSR count). The molecule has 0 aliphatic carbocycles. The molecule has 2 aromatic rings. The summed E-state index contributed by atoms with van der Waals surface area (Å²) in [7, 11) is 0. The summed E-state index contributed by atoms with van der Waals surface area (Å²) in [5.41, 5.74) is 4.48. The maximum atomic E-state index is 11.8. The van der Waals surface area contributed by atoms with E-state index in [4.69, 9.17) is 24.7 Å². The summed E-state index contributed by atoms with van der Waals surface area (Å²) in [4.78, 5) is 38.7. The Kier molecular flexibility index (Phi) is 5.57. The van der Waals surface area contributed by atoms with Gasteiger partial charge in [0.15, 0.2) is 18.0 Å². The van der Waals surface area contributed by atoms with Gasteiger partial charge in [-0.2, -0.15) is 10.4 Å². The van der Waals surface area contributed by atoms with E-state index in [1.165, 1.54) is 23.8 Å². The summed E-state index contributed by atoms with van der Waals surface area (Å²) in [6, 6.07) is 5.10. The third kappa shape index (κ3) is 3.62. The van der Waals surface area contributed by atoms with Crippen molar-refractivity contribution in [2.45, 2.75) is 44.7 Å².